The topological polar surface area (TPSA) is 134 Å². The van der Waals surface area contributed by atoms with Gasteiger partial charge in [0.05, 0.1) is 19.8 Å². The molecule has 10 heteroatoms. The van der Waals surface area contributed by atoms with Gasteiger partial charge in [-0.25, -0.2) is 0 Å². The second-order valence-corrected chi connectivity index (χ2v) is 7.32. The fourth-order valence-electron chi connectivity index (χ4n) is 3.60. The number of nitrogens with zero attached hydrogens (tertiary/aromatic N) is 4. The number of ether oxygens (including phenoxy) is 2. The van der Waals surface area contributed by atoms with Crippen LogP contribution in [0.3, 0.4) is 0 Å². The average molecular weight is 439 g/mol. The van der Waals surface area contributed by atoms with E-state index in [9.17, 15) is 14.4 Å². The molecular weight excluding hydrogens is 414 g/mol. The first-order chi connectivity index (χ1) is 15.6. The highest BCUT2D eigenvalue weighted by molar-refractivity contribution is 6.05. The molecule has 2 aliphatic heterocycles. The number of nitrogens with one attached hydrogen (secondary N) is 1. The number of carbonyl (C=O) groups excluding carboxylic acids is 3. The summed E-state index contributed by atoms with van der Waals surface area (Å²) in [5.41, 5.74) is 10.3. The molecule has 0 aromatic heterocycles. The van der Waals surface area contributed by atoms with Gasteiger partial charge in [-0.3, -0.25) is 19.7 Å². The van der Waals surface area contributed by atoms with Crippen LogP contribution in [0.2, 0.25) is 0 Å². The molecule has 1 aromatic rings. The fourth-order valence-corrected chi connectivity index (χ4v) is 3.60. The van der Waals surface area contributed by atoms with Crippen molar-refractivity contribution in [1.29, 1.82) is 0 Å². The largest absolute Gasteiger partial charge is 0.379 e. The zero-order chi connectivity index (χ0) is 22.8. The van der Waals surface area contributed by atoms with Crippen LogP contribution in [0.5, 0.6) is 0 Å². The van der Waals surface area contributed by atoms with Gasteiger partial charge < -0.3 is 14.4 Å². The highest BCUT2D eigenvalue weighted by Crippen LogP contribution is 2.29. The lowest BCUT2D eigenvalue weighted by atomic mass is 10.0. The lowest BCUT2D eigenvalue weighted by molar-refractivity contribution is -0.136. The zero-order valence-electron chi connectivity index (χ0n) is 17.7. The maximum Gasteiger partial charge on any atom is 0.255 e. The molecule has 10 nitrogen and oxygen atoms in total. The van der Waals surface area contributed by atoms with E-state index in [0.717, 1.165) is 17.5 Å². The number of rotatable bonds is 10. The lowest BCUT2D eigenvalue weighted by Crippen LogP contribution is -2.52. The number of hydrogen-bond donors (Lipinski definition) is 1. The first-order valence-electron chi connectivity index (χ1n) is 10.5. The predicted octanol–water partition coefficient (Wildman–Crippen LogP) is 1.92. The summed E-state index contributed by atoms with van der Waals surface area (Å²) in [7, 11) is 0. The highest BCUT2D eigenvalue weighted by atomic mass is 16.5. The third kappa shape index (κ3) is 6.08. The molecular formula is C22H25N5O5. The third-order valence-electron chi connectivity index (χ3n) is 5.17. The van der Waals surface area contributed by atoms with E-state index < -0.39 is 11.9 Å². The SMILES string of the molecule is [N-]=[N+]=NCCOCCOCCCC#Cc1cccc2c1CN(C1CCC(=O)NC1=O)C2=O. The number of azide groups is 1. The molecule has 1 unspecified atom stereocenters. The Morgan fingerprint density at radius 1 is 1.19 bits per heavy atom. The number of carbonyl (C=O) groups is 3. The fraction of sp³-hybridized carbons (Fsp3) is 0.500. The Bertz CT molecular complexity index is 977. The Kier molecular flexibility index (Phi) is 8.63. The summed E-state index contributed by atoms with van der Waals surface area (Å²) in [6.07, 6.45) is 1.98. The van der Waals surface area contributed by atoms with Gasteiger partial charge in [-0.1, -0.05) is 23.0 Å². The molecule has 168 valence electrons. The van der Waals surface area contributed by atoms with Crippen molar-refractivity contribution in [2.45, 2.75) is 38.3 Å². The Morgan fingerprint density at radius 3 is 2.78 bits per heavy atom. The monoisotopic (exact) mass is 439 g/mol. The van der Waals surface area contributed by atoms with E-state index in [1.54, 1.807) is 12.1 Å². The average Bonchev–Trinajstić information content (AvgIpc) is 3.11. The van der Waals surface area contributed by atoms with Crippen LogP contribution in [0.1, 0.15) is 47.2 Å². The zero-order valence-corrected chi connectivity index (χ0v) is 17.7. The van der Waals surface area contributed by atoms with Gasteiger partial charge in [0.25, 0.3) is 5.91 Å². The van der Waals surface area contributed by atoms with E-state index >= 15 is 0 Å². The molecule has 2 heterocycles. The van der Waals surface area contributed by atoms with Crippen LogP contribution in [-0.4, -0.2) is 61.6 Å². The quantitative estimate of drug-likeness (QED) is 0.148. The molecule has 1 fully saturated rings. The first-order valence-corrected chi connectivity index (χ1v) is 10.5. The van der Waals surface area contributed by atoms with Gasteiger partial charge in [0.1, 0.15) is 6.04 Å². The van der Waals surface area contributed by atoms with Crippen molar-refractivity contribution in [2.24, 2.45) is 5.11 Å². The van der Waals surface area contributed by atoms with Gasteiger partial charge in [0.15, 0.2) is 0 Å². The van der Waals surface area contributed by atoms with E-state index in [2.05, 4.69) is 27.2 Å². The van der Waals surface area contributed by atoms with Crippen LogP contribution in [0, 0.1) is 11.8 Å². The molecule has 1 aromatic carbocycles. The van der Waals surface area contributed by atoms with Gasteiger partial charge in [-0.2, -0.15) is 0 Å². The van der Waals surface area contributed by atoms with Gasteiger partial charge in [-0.15, -0.1) is 0 Å². The molecule has 0 bridgehead atoms. The molecule has 3 rings (SSSR count). The standard InChI is InChI=1S/C22H25N5O5/c23-26-24-10-12-32-14-13-31-11-3-1-2-5-16-6-4-7-17-18(16)15-27(22(17)30)19-8-9-20(28)25-21(19)29/h4,6-7,19H,1,3,8-15H2,(H,25,28,29). The number of piperidine rings is 1. The van der Waals surface area contributed by atoms with Crippen LogP contribution >= 0.6 is 0 Å². The number of benzene rings is 1. The molecule has 0 aliphatic carbocycles. The van der Waals surface area contributed by atoms with Crippen molar-refractivity contribution < 1.29 is 23.9 Å². The van der Waals surface area contributed by atoms with E-state index in [1.165, 1.54) is 4.90 Å². The van der Waals surface area contributed by atoms with Crippen LogP contribution in [-0.2, 0) is 25.6 Å². The van der Waals surface area contributed by atoms with Crippen molar-refractivity contribution in [2.75, 3.05) is 33.0 Å². The molecule has 1 saturated heterocycles. The summed E-state index contributed by atoms with van der Waals surface area (Å²) in [5, 5.41) is 5.68. The molecule has 0 spiro atoms. The van der Waals surface area contributed by atoms with Gasteiger partial charge in [0.2, 0.25) is 11.8 Å². The molecule has 3 amide bonds. The minimum Gasteiger partial charge on any atom is -0.379 e. The Morgan fingerprint density at radius 2 is 2.00 bits per heavy atom. The minimum absolute atomic E-state index is 0.201. The first kappa shape index (κ1) is 23.3. The van der Waals surface area contributed by atoms with Crippen LogP contribution in [0.4, 0.5) is 0 Å². The van der Waals surface area contributed by atoms with Crippen LogP contribution in [0.15, 0.2) is 23.3 Å². The third-order valence-corrected chi connectivity index (χ3v) is 5.17. The molecule has 32 heavy (non-hydrogen) atoms. The van der Waals surface area contributed by atoms with Crippen molar-refractivity contribution in [1.82, 2.24) is 10.2 Å². The van der Waals surface area contributed by atoms with Crippen molar-refractivity contribution in [3.63, 3.8) is 0 Å². The predicted molar refractivity (Wildman–Crippen MR) is 114 cm³/mol. The second-order valence-electron chi connectivity index (χ2n) is 7.32. The molecule has 2 aliphatic rings. The van der Waals surface area contributed by atoms with Crippen molar-refractivity contribution in [3.05, 3.63) is 45.3 Å². The number of unbranched alkanes of at least 4 members (excludes halogenated alkanes) is 1. The van der Waals surface area contributed by atoms with Crippen molar-refractivity contribution >= 4 is 17.7 Å². The molecule has 0 saturated carbocycles. The normalized spacial score (nSPS) is 17.3. The van der Waals surface area contributed by atoms with Gasteiger partial charge in [0, 0.05) is 48.6 Å². The van der Waals surface area contributed by atoms with Crippen LogP contribution < -0.4 is 5.32 Å². The molecule has 1 atom stereocenters. The number of hydrogen-bond acceptors (Lipinski definition) is 6. The van der Waals surface area contributed by atoms with E-state index in [1.807, 2.05) is 6.07 Å². The second kappa shape index (κ2) is 11.9. The van der Waals surface area contributed by atoms with E-state index in [-0.39, 0.29) is 18.2 Å². The Labute approximate surface area is 185 Å². The van der Waals surface area contributed by atoms with Crippen molar-refractivity contribution in [3.8, 4) is 11.8 Å². The molecule has 1 N–H and O–H groups in total. The summed E-state index contributed by atoms with van der Waals surface area (Å²) < 4.78 is 10.7. The summed E-state index contributed by atoms with van der Waals surface area (Å²) in [6, 6.07) is 4.78. The van der Waals surface area contributed by atoms with E-state index in [0.29, 0.717) is 57.9 Å². The number of amides is 3. The summed E-state index contributed by atoms with van der Waals surface area (Å²) in [6.45, 7) is 2.47. The van der Waals surface area contributed by atoms with E-state index in [4.69, 9.17) is 15.0 Å². The van der Waals surface area contributed by atoms with Gasteiger partial charge in [-0.05, 0) is 36.1 Å². The van der Waals surface area contributed by atoms with Gasteiger partial charge >= 0.3 is 0 Å². The minimum atomic E-state index is -0.631. The summed E-state index contributed by atoms with van der Waals surface area (Å²) >= 11 is 0. The Hall–Kier alpha value is -3.38. The smallest absolute Gasteiger partial charge is 0.255 e. The maximum absolute atomic E-state index is 12.8. The summed E-state index contributed by atoms with van der Waals surface area (Å²) in [4.78, 5) is 40.6. The summed E-state index contributed by atoms with van der Waals surface area (Å²) in [5.74, 6) is 5.33. The molecule has 0 radical (unpaired) electrons. The lowest BCUT2D eigenvalue weighted by Gasteiger charge is -2.29. The number of imide groups is 1. The highest BCUT2D eigenvalue weighted by Gasteiger charge is 2.39. The van der Waals surface area contributed by atoms with Crippen LogP contribution in [0.25, 0.3) is 10.4 Å². The number of fused-ring (bicyclic) bond motifs is 1. The maximum atomic E-state index is 12.8. The Balaban J connectivity index is 1.45.